The molecule has 2 aromatic rings. The van der Waals surface area contributed by atoms with Gasteiger partial charge in [-0.2, -0.15) is 0 Å². The number of H-pyrrole nitrogens is 1. The number of hydrogen-bond acceptors (Lipinski definition) is 1. The summed E-state index contributed by atoms with van der Waals surface area (Å²) in [7, 11) is 0. The quantitative estimate of drug-likeness (QED) is 0.646. The van der Waals surface area contributed by atoms with Gasteiger partial charge in [0.05, 0.1) is 11.0 Å². The van der Waals surface area contributed by atoms with Crippen LogP contribution < -0.4 is 0 Å². The molecule has 0 saturated heterocycles. The first-order chi connectivity index (χ1) is 7.65. The number of fused-ring (bicyclic) bond motifs is 1. The van der Waals surface area contributed by atoms with Gasteiger partial charge in [-0.25, -0.2) is 0 Å². The lowest BCUT2D eigenvalue weighted by atomic mass is 10.3. The Labute approximate surface area is 113 Å². The molecule has 0 radical (unpaired) electrons. The van der Waals surface area contributed by atoms with Crippen molar-refractivity contribution in [2.75, 3.05) is 0 Å². The molecule has 0 bridgehead atoms. The summed E-state index contributed by atoms with van der Waals surface area (Å²) in [6.07, 6.45) is 1.35. The van der Waals surface area contributed by atoms with Crippen LogP contribution in [0.5, 0.6) is 0 Å². The lowest BCUT2D eigenvalue weighted by molar-refractivity contribution is 0.600. The topological polar surface area (TPSA) is 20.7 Å². The fourth-order valence-electron chi connectivity index (χ4n) is 2.21. The van der Waals surface area contributed by atoms with Crippen LogP contribution in [0, 0.1) is 20.2 Å². The Balaban J connectivity index is 2.09. The van der Waals surface area contributed by atoms with Crippen molar-refractivity contribution in [1.82, 2.24) is 9.55 Å². The standard InChI is InChI=1S/C12H13IN2S/c1-7-4-8(7)6-15-11-3-2-9(13)5-10(11)14-12(15)16/h2-3,5,7-8H,4,6H2,1H3,(H,14,16). The highest BCUT2D eigenvalue weighted by Crippen LogP contribution is 2.39. The van der Waals surface area contributed by atoms with Gasteiger partial charge in [-0.3, -0.25) is 0 Å². The van der Waals surface area contributed by atoms with Gasteiger partial charge in [0.15, 0.2) is 4.77 Å². The monoisotopic (exact) mass is 344 g/mol. The van der Waals surface area contributed by atoms with Crippen LogP contribution in [0.1, 0.15) is 13.3 Å². The Kier molecular flexibility index (Phi) is 2.58. The third kappa shape index (κ3) is 1.82. The molecule has 1 heterocycles. The largest absolute Gasteiger partial charge is 0.331 e. The zero-order valence-electron chi connectivity index (χ0n) is 9.03. The van der Waals surface area contributed by atoms with Crippen molar-refractivity contribution in [3.63, 3.8) is 0 Å². The predicted molar refractivity (Wildman–Crippen MR) is 77.1 cm³/mol. The van der Waals surface area contributed by atoms with Gasteiger partial charge in [0.1, 0.15) is 0 Å². The number of benzene rings is 1. The molecule has 1 aromatic carbocycles. The second kappa shape index (κ2) is 3.84. The molecule has 3 rings (SSSR count). The predicted octanol–water partition coefficient (Wildman–Crippen LogP) is 3.96. The van der Waals surface area contributed by atoms with E-state index in [0.717, 1.165) is 28.7 Å². The fraction of sp³-hybridized carbons (Fsp3) is 0.417. The highest BCUT2D eigenvalue weighted by atomic mass is 127. The van der Waals surface area contributed by atoms with Crippen LogP contribution in [0.2, 0.25) is 0 Å². The maximum absolute atomic E-state index is 5.39. The summed E-state index contributed by atoms with van der Waals surface area (Å²) >= 11 is 7.71. The lowest BCUT2D eigenvalue weighted by Gasteiger charge is -2.02. The molecule has 1 aliphatic rings. The molecule has 1 aromatic heterocycles. The van der Waals surface area contributed by atoms with Gasteiger partial charge in [-0.15, -0.1) is 0 Å². The summed E-state index contributed by atoms with van der Waals surface area (Å²) in [5, 5.41) is 0. The first-order valence-electron chi connectivity index (χ1n) is 5.53. The van der Waals surface area contributed by atoms with E-state index in [2.05, 4.69) is 57.3 Å². The zero-order valence-corrected chi connectivity index (χ0v) is 12.0. The number of nitrogens with one attached hydrogen (secondary N) is 1. The molecule has 4 heteroatoms. The van der Waals surface area contributed by atoms with Crippen molar-refractivity contribution in [3.05, 3.63) is 26.5 Å². The summed E-state index contributed by atoms with van der Waals surface area (Å²) in [6.45, 7) is 3.38. The average molecular weight is 344 g/mol. The molecule has 2 atom stereocenters. The highest BCUT2D eigenvalue weighted by molar-refractivity contribution is 14.1. The Morgan fingerprint density at radius 2 is 2.31 bits per heavy atom. The molecule has 1 fully saturated rings. The minimum atomic E-state index is 0.824. The molecule has 0 spiro atoms. The number of aromatic nitrogens is 2. The van der Waals surface area contributed by atoms with E-state index in [-0.39, 0.29) is 0 Å². The van der Waals surface area contributed by atoms with E-state index in [4.69, 9.17) is 12.2 Å². The third-order valence-electron chi connectivity index (χ3n) is 3.43. The number of aromatic amines is 1. The van der Waals surface area contributed by atoms with Crippen molar-refractivity contribution in [2.24, 2.45) is 11.8 Å². The Morgan fingerprint density at radius 3 is 3.00 bits per heavy atom. The van der Waals surface area contributed by atoms with Gasteiger partial charge < -0.3 is 9.55 Å². The van der Waals surface area contributed by atoms with E-state index in [1.54, 1.807) is 0 Å². The summed E-state index contributed by atoms with van der Waals surface area (Å²) in [5.41, 5.74) is 2.40. The summed E-state index contributed by atoms with van der Waals surface area (Å²) in [5.74, 6) is 1.70. The van der Waals surface area contributed by atoms with E-state index in [1.165, 1.54) is 15.5 Å². The maximum Gasteiger partial charge on any atom is 0.178 e. The van der Waals surface area contributed by atoms with E-state index >= 15 is 0 Å². The van der Waals surface area contributed by atoms with Gasteiger partial charge >= 0.3 is 0 Å². The smallest absolute Gasteiger partial charge is 0.178 e. The minimum Gasteiger partial charge on any atom is -0.331 e. The molecule has 84 valence electrons. The normalized spacial score (nSPS) is 23.9. The molecule has 1 N–H and O–H groups in total. The molecule has 0 amide bonds. The van der Waals surface area contributed by atoms with Crippen molar-refractivity contribution in [1.29, 1.82) is 0 Å². The number of nitrogens with zero attached hydrogens (tertiary/aromatic N) is 1. The van der Waals surface area contributed by atoms with Crippen LogP contribution in [0.25, 0.3) is 11.0 Å². The van der Waals surface area contributed by atoms with E-state index in [1.807, 2.05) is 0 Å². The van der Waals surface area contributed by atoms with Gasteiger partial charge in [0, 0.05) is 10.1 Å². The molecule has 2 nitrogen and oxygen atoms in total. The Hall–Kier alpha value is -0.360. The summed E-state index contributed by atoms with van der Waals surface area (Å²) in [4.78, 5) is 3.29. The molecular weight excluding hydrogens is 331 g/mol. The van der Waals surface area contributed by atoms with Crippen LogP contribution in [-0.4, -0.2) is 9.55 Å². The second-order valence-electron chi connectivity index (χ2n) is 4.68. The molecular formula is C12H13IN2S. The molecule has 1 aliphatic carbocycles. The van der Waals surface area contributed by atoms with Crippen molar-refractivity contribution in [2.45, 2.75) is 19.9 Å². The second-order valence-corrected chi connectivity index (χ2v) is 6.31. The lowest BCUT2D eigenvalue weighted by Crippen LogP contribution is -2.00. The first kappa shape index (κ1) is 10.8. The number of rotatable bonds is 2. The number of imidazole rings is 1. The van der Waals surface area contributed by atoms with Crippen LogP contribution in [-0.2, 0) is 6.54 Å². The minimum absolute atomic E-state index is 0.824. The number of halogens is 1. The van der Waals surface area contributed by atoms with Crippen molar-refractivity contribution < 1.29 is 0 Å². The first-order valence-corrected chi connectivity index (χ1v) is 7.02. The Bertz CT molecular complexity index is 599. The Morgan fingerprint density at radius 1 is 1.56 bits per heavy atom. The molecule has 1 saturated carbocycles. The zero-order chi connectivity index (χ0) is 11.3. The van der Waals surface area contributed by atoms with Crippen LogP contribution in [0.3, 0.4) is 0 Å². The van der Waals surface area contributed by atoms with Crippen molar-refractivity contribution >= 4 is 45.8 Å². The molecule has 0 aliphatic heterocycles. The van der Waals surface area contributed by atoms with Crippen LogP contribution >= 0.6 is 34.8 Å². The third-order valence-corrected chi connectivity index (χ3v) is 4.42. The van der Waals surface area contributed by atoms with Crippen molar-refractivity contribution in [3.8, 4) is 0 Å². The van der Waals surface area contributed by atoms with Crippen LogP contribution in [0.15, 0.2) is 18.2 Å². The van der Waals surface area contributed by atoms with Gasteiger partial charge in [0.2, 0.25) is 0 Å². The average Bonchev–Trinajstić information content (AvgIpc) is 2.82. The highest BCUT2D eigenvalue weighted by Gasteiger charge is 2.33. The molecule has 16 heavy (non-hydrogen) atoms. The number of hydrogen-bond donors (Lipinski definition) is 1. The SMILES string of the molecule is CC1CC1Cn1c(=S)[nH]c2cc(I)ccc21. The van der Waals surface area contributed by atoms with E-state index < -0.39 is 0 Å². The van der Waals surface area contributed by atoms with Gasteiger partial charge in [-0.05, 0) is 71.3 Å². The van der Waals surface area contributed by atoms with Gasteiger partial charge in [0.25, 0.3) is 0 Å². The maximum atomic E-state index is 5.39. The van der Waals surface area contributed by atoms with E-state index in [9.17, 15) is 0 Å². The fourth-order valence-corrected chi connectivity index (χ4v) is 2.98. The van der Waals surface area contributed by atoms with E-state index in [0.29, 0.717) is 0 Å². The molecule has 2 unspecified atom stereocenters. The van der Waals surface area contributed by atoms with Crippen LogP contribution in [0.4, 0.5) is 0 Å². The summed E-state index contributed by atoms with van der Waals surface area (Å²) in [6, 6.07) is 6.45. The summed E-state index contributed by atoms with van der Waals surface area (Å²) < 4.78 is 4.35. The van der Waals surface area contributed by atoms with Gasteiger partial charge in [-0.1, -0.05) is 6.92 Å².